The molecule has 0 bridgehead atoms. The summed E-state index contributed by atoms with van der Waals surface area (Å²) in [5.41, 5.74) is 3.35. The highest BCUT2D eigenvalue weighted by Crippen LogP contribution is 2.34. The van der Waals surface area contributed by atoms with Crippen molar-refractivity contribution in [3.63, 3.8) is 0 Å². The molecule has 2 fully saturated rings. The summed E-state index contributed by atoms with van der Waals surface area (Å²) in [4.78, 5) is 26.6. The van der Waals surface area contributed by atoms with Gasteiger partial charge in [0.1, 0.15) is 11.3 Å². The second kappa shape index (κ2) is 11.4. The lowest BCUT2D eigenvalue weighted by Crippen LogP contribution is -2.50. The van der Waals surface area contributed by atoms with Crippen molar-refractivity contribution in [3.8, 4) is 0 Å². The molecule has 8 nitrogen and oxygen atoms in total. The number of aromatic nitrogens is 4. The zero-order chi connectivity index (χ0) is 27.0. The fraction of sp³-hybridized carbons (Fsp3) is 0.571. The molecular weight excluding hydrogens is 523 g/mol. The number of carbonyl (C=O) groups excluding carboxylic acids is 1. The van der Waals surface area contributed by atoms with Crippen LogP contribution in [-0.2, 0) is 9.53 Å². The number of esters is 1. The molecule has 4 heterocycles. The number of fused-ring (bicyclic) bond motifs is 1. The molecule has 10 heteroatoms. The standard InChI is InChI=1S/C28H36Cl2N6O2/c1-17-14-22(35-12-5-6-21(35)8-10-26(37)38-4)11-13-34(17)25-16-31-27-18(2)33-36(28(27)32-25)19(3)23-9-7-20(29)15-24(23)30/h7,9,15-17,19,21-22H,5-6,8,10-14H2,1-4H3/t17-,19?,21?,22?/m0/s1. The predicted octanol–water partition coefficient (Wildman–Crippen LogP) is 5.83. The molecule has 4 atom stereocenters. The molecule has 0 saturated carbocycles. The van der Waals surface area contributed by atoms with Crippen molar-refractivity contribution in [2.45, 2.75) is 83.5 Å². The van der Waals surface area contributed by atoms with E-state index in [1.54, 1.807) is 6.07 Å². The minimum Gasteiger partial charge on any atom is -0.469 e. The Morgan fingerprint density at radius 1 is 1.24 bits per heavy atom. The van der Waals surface area contributed by atoms with Crippen molar-refractivity contribution in [1.29, 1.82) is 0 Å². The van der Waals surface area contributed by atoms with Gasteiger partial charge in [-0.1, -0.05) is 29.3 Å². The number of ether oxygens (including phenoxy) is 1. The van der Waals surface area contributed by atoms with E-state index in [9.17, 15) is 4.79 Å². The average molecular weight is 560 g/mol. The van der Waals surface area contributed by atoms with Crippen LogP contribution in [0.4, 0.5) is 5.82 Å². The molecule has 0 spiro atoms. The summed E-state index contributed by atoms with van der Waals surface area (Å²) < 4.78 is 6.79. The second-order valence-electron chi connectivity index (χ2n) is 10.6. The molecule has 2 aromatic heterocycles. The lowest BCUT2D eigenvalue weighted by atomic mass is 9.95. The summed E-state index contributed by atoms with van der Waals surface area (Å²) in [5, 5.41) is 6.00. The van der Waals surface area contributed by atoms with Crippen LogP contribution < -0.4 is 4.90 Å². The monoisotopic (exact) mass is 558 g/mol. The summed E-state index contributed by atoms with van der Waals surface area (Å²) in [6, 6.07) is 6.73. The van der Waals surface area contributed by atoms with Crippen LogP contribution in [0.1, 0.15) is 69.7 Å². The maximum atomic E-state index is 11.7. The fourth-order valence-corrected chi connectivity index (χ4v) is 6.81. The SMILES string of the molecule is COC(=O)CCC1CCCN1C1CCN(c2cnc3c(C)nn(C(C)c4ccc(Cl)cc4Cl)c3n2)[C@@H](C)C1. The Bertz CT molecular complexity index is 1310. The number of hydrogen-bond acceptors (Lipinski definition) is 7. The van der Waals surface area contributed by atoms with Crippen LogP contribution in [0.3, 0.4) is 0 Å². The third kappa shape index (κ3) is 5.36. The zero-order valence-corrected chi connectivity index (χ0v) is 24.0. The predicted molar refractivity (Wildman–Crippen MR) is 151 cm³/mol. The van der Waals surface area contributed by atoms with Gasteiger partial charge in [-0.2, -0.15) is 5.10 Å². The van der Waals surface area contributed by atoms with Gasteiger partial charge in [-0.25, -0.2) is 14.6 Å². The van der Waals surface area contributed by atoms with E-state index >= 15 is 0 Å². The van der Waals surface area contributed by atoms with Crippen molar-refractivity contribution in [1.82, 2.24) is 24.6 Å². The Morgan fingerprint density at radius 3 is 2.79 bits per heavy atom. The molecule has 2 aliphatic rings. The van der Waals surface area contributed by atoms with Crippen molar-refractivity contribution < 1.29 is 9.53 Å². The second-order valence-corrected chi connectivity index (χ2v) is 11.5. The lowest BCUT2D eigenvalue weighted by Gasteiger charge is -2.43. The summed E-state index contributed by atoms with van der Waals surface area (Å²) in [5.74, 6) is 0.763. The van der Waals surface area contributed by atoms with Crippen LogP contribution in [0.5, 0.6) is 0 Å². The third-order valence-corrected chi connectivity index (χ3v) is 8.84. The highest BCUT2D eigenvalue weighted by molar-refractivity contribution is 6.35. The summed E-state index contributed by atoms with van der Waals surface area (Å²) in [6.07, 6.45) is 7.73. The number of piperidine rings is 1. The Hall–Kier alpha value is -2.42. The molecule has 204 valence electrons. The minimum atomic E-state index is -0.124. The number of hydrogen-bond donors (Lipinski definition) is 0. The number of likely N-dealkylation sites (tertiary alicyclic amines) is 1. The Labute approximate surface area is 234 Å². The first-order valence-electron chi connectivity index (χ1n) is 13.5. The highest BCUT2D eigenvalue weighted by atomic mass is 35.5. The summed E-state index contributed by atoms with van der Waals surface area (Å²) in [6.45, 7) is 8.33. The maximum Gasteiger partial charge on any atom is 0.305 e. The van der Waals surface area contributed by atoms with E-state index < -0.39 is 0 Å². The van der Waals surface area contributed by atoms with Gasteiger partial charge in [-0.15, -0.1) is 0 Å². The number of nitrogens with zero attached hydrogens (tertiary/aromatic N) is 6. The van der Waals surface area contributed by atoms with E-state index in [-0.39, 0.29) is 12.0 Å². The Morgan fingerprint density at radius 2 is 2.05 bits per heavy atom. The number of benzene rings is 1. The molecular formula is C28H36Cl2N6O2. The van der Waals surface area contributed by atoms with Gasteiger partial charge in [0.05, 0.1) is 25.0 Å². The third-order valence-electron chi connectivity index (χ3n) is 8.28. The number of methoxy groups -OCH3 is 1. The van der Waals surface area contributed by atoms with Gasteiger partial charge >= 0.3 is 5.97 Å². The summed E-state index contributed by atoms with van der Waals surface area (Å²) in [7, 11) is 1.47. The molecule has 3 unspecified atom stereocenters. The molecule has 38 heavy (non-hydrogen) atoms. The lowest BCUT2D eigenvalue weighted by molar-refractivity contribution is -0.141. The number of halogens is 2. The normalized spacial score (nSPS) is 23.2. The van der Waals surface area contributed by atoms with Gasteiger partial charge in [0.25, 0.3) is 0 Å². The first-order valence-corrected chi connectivity index (χ1v) is 14.3. The number of aryl methyl sites for hydroxylation is 1. The Kier molecular flexibility index (Phi) is 8.12. The maximum absolute atomic E-state index is 11.7. The minimum absolute atomic E-state index is 0.115. The fourth-order valence-electron chi connectivity index (χ4n) is 6.25. The van der Waals surface area contributed by atoms with E-state index in [2.05, 4.69) is 23.6 Å². The zero-order valence-electron chi connectivity index (χ0n) is 22.5. The molecule has 0 aliphatic carbocycles. The van der Waals surface area contributed by atoms with Crippen LogP contribution in [0.2, 0.25) is 10.0 Å². The van der Waals surface area contributed by atoms with E-state index in [1.165, 1.54) is 13.5 Å². The van der Waals surface area contributed by atoms with Crippen LogP contribution in [0, 0.1) is 6.92 Å². The first-order chi connectivity index (χ1) is 18.3. The highest BCUT2D eigenvalue weighted by Gasteiger charge is 2.36. The van der Waals surface area contributed by atoms with Gasteiger partial charge in [-0.05, 0) is 77.1 Å². The van der Waals surface area contributed by atoms with Crippen LogP contribution in [0.25, 0.3) is 11.2 Å². The first kappa shape index (κ1) is 27.2. The topological polar surface area (TPSA) is 76.4 Å². The molecule has 3 aromatic rings. The van der Waals surface area contributed by atoms with E-state index in [0.717, 1.165) is 67.0 Å². The smallest absolute Gasteiger partial charge is 0.305 e. The van der Waals surface area contributed by atoms with E-state index in [0.29, 0.717) is 34.6 Å². The van der Waals surface area contributed by atoms with Gasteiger partial charge in [0, 0.05) is 41.1 Å². The molecule has 2 saturated heterocycles. The summed E-state index contributed by atoms with van der Waals surface area (Å²) >= 11 is 12.7. The average Bonchev–Trinajstić information content (AvgIpc) is 3.51. The van der Waals surface area contributed by atoms with Crippen molar-refractivity contribution in [3.05, 3.63) is 45.7 Å². The van der Waals surface area contributed by atoms with Gasteiger partial charge in [0.15, 0.2) is 5.65 Å². The van der Waals surface area contributed by atoms with Crippen molar-refractivity contribution in [2.75, 3.05) is 25.1 Å². The van der Waals surface area contributed by atoms with Crippen molar-refractivity contribution >= 4 is 46.2 Å². The largest absolute Gasteiger partial charge is 0.469 e. The molecule has 0 N–H and O–H groups in total. The van der Waals surface area contributed by atoms with Crippen LogP contribution >= 0.6 is 23.2 Å². The van der Waals surface area contributed by atoms with Crippen molar-refractivity contribution in [2.24, 2.45) is 0 Å². The van der Waals surface area contributed by atoms with Gasteiger partial charge in [0.2, 0.25) is 0 Å². The van der Waals surface area contributed by atoms with Gasteiger partial charge < -0.3 is 9.64 Å². The molecule has 0 radical (unpaired) electrons. The molecule has 5 rings (SSSR count). The van der Waals surface area contributed by atoms with E-state index in [1.807, 2.05) is 29.9 Å². The quantitative estimate of drug-likeness (QED) is 0.338. The Balaban J connectivity index is 1.34. The van der Waals surface area contributed by atoms with Crippen LogP contribution in [0.15, 0.2) is 24.4 Å². The number of anilines is 1. The van der Waals surface area contributed by atoms with Crippen LogP contribution in [-0.4, -0.2) is 68.9 Å². The van der Waals surface area contributed by atoms with Gasteiger partial charge in [-0.3, -0.25) is 9.69 Å². The number of carbonyl (C=O) groups is 1. The number of rotatable bonds is 7. The molecule has 1 aromatic carbocycles. The molecule has 0 amide bonds. The van der Waals surface area contributed by atoms with E-state index in [4.69, 9.17) is 43.0 Å². The molecule has 2 aliphatic heterocycles.